The number of carbonyl (C=O) groups is 1. The summed E-state index contributed by atoms with van der Waals surface area (Å²) in [5.41, 5.74) is 7.11. The van der Waals surface area contributed by atoms with Crippen molar-refractivity contribution in [2.45, 2.75) is 50.4 Å². The summed E-state index contributed by atoms with van der Waals surface area (Å²) in [6, 6.07) is 2.72. The van der Waals surface area contributed by atoms with Gasteiger partial charge in [-0.25, -0.2) is 14.4 Å². The zero-order valence-electron chi connectivity index (χ0n) is 19.2. The summed E-state index contributed by atoms with van der Waals surface area (Å²) in [7, 11) is 0. The summed E-state index contributed by atoms with van der Waals surface area (Å²) in [6.45, 7) is 0.510. The third kappa shape index (κ3) is 5.18. The van der Waals surface area contributed by atoms with Gasteiger partial charge in [-0.1, -0.05) is 34.8 Å². The molecule has 4 N–H and O–H groups in total. The van der Waals surface area contributed by atoms with Gasteiger partial charge in [-0.2, -0.15) is 4.98 Å². The molecule has 5 rings (SSSR count). The molecule has 2 aromatic heterocycles. The number of carbonyl (C=O) groups excluding carboxylic acids is 1. The van der Waals surface area contributed by atoms with E-state index in [1.54, 1.807) is 18.3 Å². The van der Waals surface area contributed by atoms with E-state index in [9.17, 15) is 9.18 Å². The van der Waals surface area contributed by atoms with Crippen molar-refractivity contribution in [2.24, 2.45) is 11.7 Å². The van der Waals surface area contributed by atoms with Crippen molar-refractivity contribution in [3.8, 4) is 0 Å². The van der Waals surface area contributed by atoms with Crippen molar-refractivity contribution >= 4 is 69.5 Å². The molecule has 1 aromatic carbocycles. The fourth-order valence-electron chi connectivity index (χ4n) is 4.82. The van der Waals surface area contributed by atoms with Gasteiger partial charge in [0.05, 0.1) is 34.6 Å². The number of anilines is 3. The molecule has 2 aliphatic rings. The minimum atomic E-state index is -1.15. The smallest absolute Gasteiger partial charge is 0.225 e. The van der Waals surface area contributed by atoms with Gasteiger partial charge in [-0.05, 0) is 44.2 Å². The number of amides is 1. The van der Waals surface area contributed by atoms with Crippen molar-refractivity contribution in [2.75, 3.05) is 23.8 Å². The molecule has 0 bridgehead atoms. The second-order valence-corrected chi connectivity index (χ2v) is 10.4. The third-order valence-corrected chi connectivity index (χ3v) is 7.56. The molecule has 36 heavy (non-hydrogen) atoms. The molecule has 2 atom stereocenters. The number of halogens is 4. The van der Waals surface area contributed by atoms with Crippen LogP contribution in [-0.2, 0) is 9.53 Å². The van der Waals surface area contributed by atoms with E-state index >= 15 is 0 Å². The number of hydrogen-bond acceptors (Lipinski definition) is 7. The number of imidazole rings is 1. The number of aromatic nitrogens is 4. The summed E-state index contributed by atoms with van der Waals surface area (Å²) in [6.07, 6.45) is 3.67. The third-order valence-electron chi connectivity index (χ3n) is 6.74. The van der Waals surface area contributed by atoms with Crippen LogP contribution < -0.4 is 16.4 Å². The molecule has 13 heteroatoms. The average Bonchev–Trinajstić information content (AvgIpc) is 3.20. The number of rotatable bonds is 6. The van der Waals surface area contributed by atoms with Gasteiger partial charge in [0.25, 0.3) is 0 Å². The standard InChI is InChI=1S/C23H25Cl3FN7O2/c24-12-7-14(25)19(15(26)8-12)32-23-31-18-9-29-22(30-17-5-6-36-10-16(17)27)33-21(18)34(23)13-3-1-11(2-4-13)20(28)35/h7-9,11,13,16-17H,1-6,10H2,(H2,28,35)(H,31,32)(H,29,30,33)/t11-,13-,16-,17+/m0/s1. The Bertz CT molecular complexity index is 1260. The predicted molar refractivity (Wildman–Crippen MR) is 138 cm³/mol. The quantitative estimate of drug-likeness (QED) is 0.377. The molecule has 1 saturated carbocycles. The highest BCUT2D eigenvalue weighted by Gasteiger charge is 2.30. The number of hydrogen-bond donors (Lipinski definition) is 3. The van der Waals surface area contributed by atoms with Gasteiger partial charge in [0, 0.05) is 23.6 Å². The fraction of sp³-hybridized carbons (Fsp3) is 0.478. The molecule has 3 heterocycles. The van der Waals surface area contributed by atoms with E-state index in [1.807, 2.05) is 4.57 Å². The number of primary amides is 1. The molecule has 1 aliphatic carbocycles. The van der Waals surface area contributed by atoms with Gasteiger partial charge in [-0.3, -0.25) is 9.36 Å². The van der Waals surface area contributed by atoms with Crippen LogP contribution in [-0.4, -0.2) is 50.9 Å². The summed E-state index contributed by atoms with van der Waals surface area (Å²) in [5, 5.41) is 7.43. The van der Waals surface area contributed by atoms with Crippen LogP contribution in [0.25, 0.3) is 11.2 Å². The van der Waals surface area contributed by atoms with Crippen LogP contribution in [0.15, 0.2) is 18.3 Å². The zero-order chi connectivity index (χ0) is 25.4. The number of alkyl halides is 1. The Morgan fingerprint density at radius 1 is 1.11 bits per heavy atom. The van der Waals surface area contributed by atoms with Crippen LogP contribution in [0.2, 0.25) is 15.1 Å². The van der Waals surface area contributed by atoms with Crippen molar-refractivity contribution in [3.63, 3.8) is 0 Å². The van der Waals surface area contributed by atoms with E-state index in [0.29, 0.717) is 82.5 Å². The highest BCUT2D eigenvalue weighted by Crippen LogP contribution is 2.40. The largest absolute Gasteiger partial charge is 0.378 e. The van der Waals surface area contributed by atoms with Crippen LogP contribution in [0.3, 0.4) is 0 Å². The first-order valence-electron chi connectivity index (χ1n) is 11.7. The zero-order valence-corrected chi connectivity index (χ0v) is 21.5. The average molecular weight is 557 g/mol. The number of benzene rings is 1. The van der Waals surface area contributed by atoms with E-state index in [4.69, 9.17) is 55.2 Å². The van der Waals surface area contributed by atoms with Gasteiger partial charge >= 0.3 is 0 Å². The maximum absolute atomic E-state index is 14.3. The summed E-state index contributed by atoms with van der Waals surface area (Å²) in [5.74, 6) is 0.334. The first-order chi connectivity index (χ1) is 17.3. The molecular formula is C23H25Cl3FN7O2. The van der Waals surface area contributed by atoms with Crippen LogP contribution in [0.1, 0.15) is 38.1 Å². The van der Waals surface area contributed by atoms with Crippen molar-refractivity contribution in [1.82, 2.24) is 19.5 Å². The lowest BCUT2D eigenvalue weighted by molar-refractivity contribution is -0.122. The summed E-state index contributed by atoms with van der Waals surface area (Å²) >= 11 is 18.9. The van der Waals surface area contributed by atoms with Gasteiger partial charge in [0.1, 0.15) is 11.7 Å². The Morgan fingerprint density at radius 3 is 2.50 bits per heavy atom. The molecule has 2 fully saturated rings. The maximum Gasteiger partial charge on any atom is 0.225 e. The van der Waals surface area contributed by atoms with E-state index in [2.05, 4.69) is 15.6 Å². The number of nitrogens with one attached hydrogen (secondary N) is 2. The van der Waals surface area contributed by atoms with Crippen LogP contribution in [0, 0.1) is 5.92 Å². The molecule has 0 unspecified atom stereocenters. The highest BCUT2D eigenvalue weighted by atomic mass is 35.5. The number of ether oxygens (including phenoxy) is 1. The van der Waals surface area contributed by atoms with Gasteiger partial charge in [0.2, 0.25) is 17.8 Å². The first kappa shape index (κ1) is 25.3. The molecule has 3 aromatic rings. The SMILES string of the molecule is NC(=O)[C@H]1CC[C@H](n2c(Nc3c(Cl)cc(Cl)cc3Cl)nc3cnc(N[C@@H]4CCOC[C@@H]4F)nc32)CC1. The van der Waals surface area contributed by atoms with E-state index in [1.165, 1.54) is 0 Å². The molecule has 0 spiro atoms. The fourth-order valence-corrected chi connectivity index (χ4v) is 5.73. The first-order valence-corrected chi connectivity index (χ1v) is 12.9. The Kier molecular flexibility index (Phi) is 7.39. The highest BCUT2D eigenvalue weighted by molar-refractivity contribution is 6.41. The number of nitrogens with two attached hydrogens (primary N) is 1. The van der Waals surface area contributed by atoms with Crippen molar-refractivity contribution in [3.05, 3.63) is 33.4 Å². The predicted octanol–water partition coefficient (Wildman–Crippen LogP) is 5.29. The van der Waals surface area contributed by atoms with Crippen LogP contribution in [0.4, 0.5) is 22.0 Å². The van der Waals surface area contributed by atoms with Crippen LogP contribution >= 0.6 is 34.8 Å². The lowest BCUT2D eigenvalue weighted by Gasteiger charge is -2.29. The van der Waals surface area contributed by atoms with E-state index in [-0.39, 0.29) is 24.5 Å². The summed E-state index contributed by atoms with van der Waals surface area (Å²) in [4.78, 5) is 25.5. The van der Waals surface area contributed by atoms with Gasteiger partial charge < -0.3 is 21.1 Å². The van der Waals surface area contributed by atoms with Crippen molar-refractivity contribution in [1.29, 1.82) is 0 Å². The minimum Gasteiger partial charge on any atom is -0.378 e. The molecular weight excluding hydrogens is 532 g/mol. The van der Waals surface area contributed by atoms with Crippen molar-refractivity contribution < 1.29 is 13.9 Å². The van der Waals surface area contributed by atoms with E-state index in [0.717, 1.165) is 0 Å². The molecule has 0 radical (unpaired) electrons. The van der Waals surface area contributed by atoms with Gasteiger partial charge in [0.15, 0.2) is 5.65 Å². The summed E-state index contributed by atoms with van der Waals surface area (Å²) < 4.78 is 21.5. The minimum absolute atomic E-state index is 0.0160. The lowest BCUT2D eigenvalue weighted by Crippen LogP contribution is -2.39. The molecule has 192 valence electrons. The maximum atomic E-state index is 14.3. The monoisotopic (exact) mass is 555 g/mol. The molecule has 9 nitrogen and oxygen atoms in total. The molecule has 1 saturated heterocycles. The normalized spacial score (nSPS) is 24.6. The Morgan fingerprint density at radius 2 is 1.83 bits per heavy atom. The van der Waals surface area contributed by atoms with Crippen LogP contribution in [0.5, 0.6) is 0 Å². The Labute approximate surface area is 221 Å². The Balaban J connectivity index is 1.53. The molecule has 1 aliphatic heterocycles. The number of nitrogens with zero attached hydrogens (tertiary/aromatic N) is 4. The Hall–Kier alpha value is -2.40. The topological polar surface area (TPSA) is 120 Å². The second-order valence-electron chi connectivity index (χ2n) is 9.12. The second kappa shape index (κ2) is 10.5. The number of fused-ring (bicyclic) bond motifs is 1. The van der Waals surface area contributed by atoms with Gasteiger partial charge in [-0.15, -0.1) is 0 Å². The molecule has 1 amide bonds. The lowest BCUT2D eigenvalue weighted by atomic mass is 9.85. The van der Waals surface area contributed by atoms with E-state index < -0.39 is 12.2 Å².